The summed E-state index contributed by atoms with van der Waals surface area (Å²) in [4.78, 5) is 0. The van der Waals surface area contributed by atoms with Gasteiger partial charge in [0.2, 0.25) is 0 Å². The molecule has 0 spiro atoms. The minimum absolute atomic E-state index is 0.370. The number of hydrogen-bond donors (Lipinski definition) is 1. The van der Waals surface area contributed by atoms with E-state index in [9.17, 15) is 0 Å². The molecule has 0 heterocycles. The van der Waals surface area contributed by atoms with Crippen molar-refractivity contribution in [3.05, 3.63) is 0 Å². The number of ether oxygens (including phenoxy) is 1. The Bertz CT molecular complexity index is 310. The van der Waals surface area contributed by atoms with Gasteiger partial charge in [-0.3, -0.25) is 0 Å². The third-order valence-electron chi connectivity index (χ3n) is 5.31. The summed E-state index contributed by atoms with van der Waals surface area (Å²) >= 11 is 0. The molecule has 1 N–H and O–H groups in total. The van der Waals surface area contributed by atoms with Crippen molar-refractivity contribution in [2.75, 3.05) is 7.05 Å². The van der Waals surface area contributed by atoms with Crippen LogP contribution < -0.4 is 5.32 Å². The third kappa shape index (κ3) is 3.52. The van der Waals surface area contributed by atoms with E-state index in [1.54, 1.807) is 0 Å². The smallest absolute Gasteiger partial charge is 0.0737 e. The van der Waals surface area contributed by atoms with E-state index >= 15 is 0 Å². The average molecular weight is 267 g/mol. The molecule has 0 saturated heterocycles. The van der Waals surface area contributed by atoms with Crippen LogP contribution in [-0.4, -0.2) is 25.3 Å². The topological polar surface area (TPSA) is 21.3 Å². The summed E-state index contributed by atoms with van der Waals surface area (Å²) in [5.74, 6) is 0.802. The van der Waals surface area contributed by atoms with Crippen LogP contribution in [0.25, 0.3) is 0 Å². The van der Waals surface area contributed by atoms with E-state index in [2.05, 4.69) is 47.0 Å². The van der Waals surface area contributed by atoms with Gasteiger partial charge in [-0.2, -0.15) is 0 Å². The van der Waals surface area contributed by atoms with Crippen LogP contribution in [0.1, 0.15) is 66.7 Å². The molecule has 0 aromatic rings. The first-order valence-electron chi connectivity index (χ1n) is 8.06. The highest BCUT2D eigenvalue weighted by atomic mass is 16.5. The van der Waals surface area contributed by atoms with Gasteiger partial charge in [0.1, 0.15) is 0 Å². The lowest BCUT2D eigenvalue weighted by Gasteiger charge is -2.41. The van der Waals surface area contributed by atoms with Crippen molar-refractivity contribution in [2.24, 2.45) is 16.7 Å². The normalized spacial score (nSPS) is 41.4. The molecule has 112 valence electrons. The van der Waals surface area contributed by atoms with Crippen molar-refractivity contribution in [3.63, 3.8) is 0 Å². The summed E-state index contributed by atoms with van der Waals surface area (Å²) in [7, 11) is 2.08. The Hall–Kier alpha value is -0.0800. The van der Waals surface area contributed by atoms with Gasteiger partial charge in [0.05, 0.1) is 12.2 Å². The first kappa shape index (κ1) is 15.3. The van der Waals surface area contributed by atoms with Crippen molar-refractivity contribution in [1.29, 1.82) is 0 Å². The van der Waals surface area contributed by atoms with E-state index in [1.807, 2.05) is 0 Å². The van der Waals surface area contributed by atoms with Gasteiger partial charge in [0.25, 0.3) is 0 Å². The second-order valence-corrected chi connectivity index (χ2v) is 8.50. The quantitative estimate of drug-likeness (QED) is 0.834. The lowest BCUT2D eigenvalue weighted by atomic mass is 9.71. The fourth-order valence-corrected chi connectivity index (χ4v) is 4.67. The molecule has 4 atom stereocenters. The van der Waals surface area contributed by atoms with E-state index in [0.29, 0.717) is 29.1 Å². The molecule has 2 rings (SSSR count). The van der Waals surface area contributed by atoms with Crippen molar-refractivity contribution in [3.8, 4) is 0 Å². The van der Waals surface area contributed by atoms with Crippen molar-refractivity contribution < 1.29 is 4.74 Å². The van der Waals surface area contributed by atoms with E-state index in [4.69, 9.17) is 4.74 Å². The van der Waals surface area contributed by atoms with Gasteiger partial charge in [0.15, 0.2) is 0 Å². The molecule has 0 amide bonds. The van der Waals surface area contributed by atoms with Crippen LogP contribution in [0.3, 0.4) is 0 Å². The minimum Gasteiger partial charge on any atom is -0.373 e. The highest BCUT2D eigenvalue weighted by molar-refractivity contribution is 4.97. The highest BCUT2D eigenvalue weighted by Crippen LogP contribution is 2.43. The summed E-state index contributed by atoms with van der Waals surface area (Å²) in [6, 6.07) is 0.507. The Balaban J connectivity index is 1.97. The highest BCUT2D eigenvalue weighted by Gasteiger charge is 2.43. The Kier molecular flexibility index (Phi) is 4.32. The third-order valence-corrected chi connectivity index (χ3v) is 5.31. The van der Waals surface area contributed by atoms with Crippen LogP contribution in [0.2, 0.25) is 0 Å². The summed E-state index contributed by atoms with van der Waals surface area (Å²) in [6.07, 6.45) is 7.18. The Morgan fingerprint density at radius 2 is 1.79 bits per heavy atom. The molecule has 4 unspecified atom stereocenters. The van der Waals surface area contributed by atoms with E-state index in [0.717, 1.165) is 5.92 Å². The molecule has 2 nitrogen and oxygen atoms in total. The maximum Gasteiger partial charge on any atom is 0.0737 e. The first-order valence-corrected chi connectivity index (χ1v) is 8.06. The molecular formula is C17H33NO. The van der Waals surface area contributed by atoms with Crippen LogP contribution in [0, 0.1) is 16.7 Å². The van der Waals surface area contributed by atoms with Gasteiger partial charge in [-0.05, 0) is 55.9 Å². The Morgan fingerprint density at radius 3 is 2.37 bits per heavy atom. The van der Waals surface area contributed by atoms with E-state index in [-0.39, 0.29) is 0 Å². The van der Waals surface area contributed by atoms with Crippen molar-refractivity contribution in [2.45, 2.75) is 85.0 Å². The maximum absolute atomic E-state index is 6.53. The van der Waals surface area contributed by atoms with Gasteiger partial charge in [0, 0.05) is 6.04 Å². The average Bonchev–Trinajstić information content (AvgIpc) is 2.50. The summed E-state index contributed by atoms with van der Waals surface area (Å²) in [6.45, 7) is 11.9. The van der Waals surface area contributed by atoms with Crippen LogP contribution >= 0.6 is 0 Å². The lowest BCUT2D eigenvalue weighted by molar-refractivity contribution is -0.0749. The molecule has 2 heteroatoms. The molecule has 2 aliphatic carbocycles. The number of nitrogens with one attached hydrogen (secondary N) is 1. The molecule has 0 radical (unpaired) electrons. The molecule has 2 fully saturated rings. The predicted octanol–water partition coefficient (Wildman–Crippen LogP) is 3.99. The molecule has 0 aromatic carbocycles. The monoisotopic (exact) mass is 267 g/mol. The second kappa shape index (κ2) is 5.37. The summed E-state index contributed by atoms with van der Waals surface area (Å²) in [5, 5.41) is 3.50. The van der Waals surface area contributed by atoms with Gasteiger partial charge >= 0.3 is 0 Å². The molecule has 2 aliphatic rings. The van der Waals surface area contributed by atoms with Gasteiger partial charge in [-0.25, -0.2) is 0 Å². The lowest BCUT2D eigenvalue weighted by Crippen LogP contribution is -2.46. The fourth-order valence-electron chi connectivity index (χ4n) is 4.67. The first-order chi connectivity index (χ1) is 8.73. The summed E-state index contributed by atoms with van der Waals surface area (Å²) < 4.78 is 6.53. The zero-order valence-corrected chi connectivity index (χ0v) is 13.8. The van der Waals surface area contributed by atoms with Gasteiger partial charge in [-0.15, -0.1) is 0 Å². The number of likely N-dealkylation sites (N-methyl/N-ethyl adjacent to an activating group) is 1. The number of hydrogen-bond acceptors (Lipinski definition) is 2. The Labute approximate surface area is 119 Å². The molecule has 19 heavy (non-hydrogen) atoms. The van der Waals surface area contributed by atoms with Gasteiger partial charge in [-0.1, -0.05) is 34.6 Å². The maximum atomic E-state index is 6.53. The SMILES string of the molecule is CNC1C(OC2CC(C)CC(C)(C)C2)CCC1(C)C. The van der Waals surface area contributed by atoms with E-state index < -0.39 is 0 Å². The summed E-state index contributed by atoms with van der Waals surface area (Å²) in [5.41, 5.74) is 0.820. The molecular weight excluding hydrogens is 234 g/mol. The van der Waals surface area contributed by atoms with Gasteiger partial charge < -0.3 is 10.1 Å². The zero-order chi connectivity index (χ0) is 14.3. The molecule has 0 bridgehead atoms. The molecule has 0 aromatic heterocycles. The van der Waals surface area contributed by atoms with E-state index in [1.165, 1.54) is 32.1 Å². The fraction of sp³-hybridized carbons (Fsp3) is 1.00. The molecule has 0 aliphatic heterocycles. The van der Waals surface area contributed by atoms with Crippen LogP contribution in [0.15, 0.2) is 0 Å². The van der Waals surface area contributed by atoms with Crippen molar-refractivity contribution in [1.82, 2.24) is 5.32 Å². The standard InChI is InChI=1S/C17H33NO/c1-12-9-13(11-16(2,3)10-12)19-14-7-8-17(4,5)15(14)18-6/h12-15,18H,7-11H2,1-6H3. The van der Waals surface area contributed by atoms with Crippen molar-refractivity contribution >= 4 is 0 Å². The van der Waals surface area contributed by atoms with Crippen LogP contribution in [-0.2, 0) is 4.74 Å². The minimum atomic E-state index is 0.370. The predicted molar refractivity (Wildman–Crippen MR) is 81.3 cm³/mol. The van der Waals surface area contributed by atoms with Crippen LogP contribution in [0.4, 0.5) is 0 Å². The zero-order valence-electron chi connectivity index (χ0n) is 13.8. The largest absolute Gasteiger partial charge is 0.373 e. The Morgan fingerprint density at radius 1 is 1.11 bits per heavy atom. The number of rotatable bonds is 3. The second-order valence-electron chi connectivity index (χ2n) is 8.50. The molecule has 2 saturated carbocycles. The van der Waals surface area contributed by atoms with Crippen LogP contribution in [0.5, 0.6) is 0 Å².